The molecule has 16 heavy (non-hydrogen) atoms. The van der Waals surface area contributed by atoms with E-state index in [1.165, 1.54) is 19.2 Å². The molecule has 0 aliphatic heterocycles. The van der Waals surface area contributed by atoms with Gasteiger partial charge in [-0.1, -0.05) is 6.92 Å². The lowest BCUT2D eigenvalue weighted by Crippen LogP contribution is -2.10. The molecule has 3 nitrogen and oxygen atoms in total. The number of Topliss-reactive ketones (excluding diaryl/α,β-unsaturated/α-hetero) is 1. The van der Waals surface area contributed by atoms with Crippen LogP contribution in [0.4, 0.5) is 4.39 Å². The van der Waals surface area contributed by atoms with Gasteiger partial charge in [0.1, 0.15) is 6.61 Å². The van der Waals surface area contributed by atoms with Gasteiger partial charge in [0, 0.05) is 12.2 Å². The Kier molecular flexibility index (Phi) is 4.92. The van der Waals surface area contributed by atoms with E-state index >= 15 is 0 Å². The van der Waals surface area contributed by atoms with Gasteiger partial charge in [-0.25, -0.2) is 4.39 Å². The second-order valence-corrected chi connectivity index (χ2v) is 3.33. The molecule has 0 bridgehead atoms. The van der Waals surface area contributed by atoms with Crippen molar-refractivity contribution in [3.8, 4) is 5.75 Å². The molecule has 4 heteroatoms. The summed E-state index contributed by atoms with van der Waals surface area (Å²) in [6.45, 7) is 2.47. The predicted octanol–water partition coefficient (Wildman–Crippen LogP) is 2.44. The van der Waals surface area contributed by atoms with Crippen LogP contribution in [0.2, 0.25) is 0 Å². The molecule has 0 saturated carbocycles. The highest BCUT2D eigenvalue weighted by molar-refractivity contribution is 5.97. The number of hydrogen-bond donors (Lipinski definition) is 0. The Labute approximate surface area is 94.2 Å². The Morgan fingerprint density at radius 2 is 2.19 bits per heavy atom. The molecule has 1 aromatic carbocycles. The van der Waals surface area contributed by atoms with Crippen LogP contribution >= 0.6 is 0 Å². The zero-order chi connectivity index (χ0) is 12.0. The van der Waals surface area contributed by atoms with Crippen LogP contribution in [0, 0.1) is 5.82 Å². The van der Waals surface area contributed by atoms with Crippen LogP contribution in [0.5, 0.6) is 5.75 Å². The molecule has 0 amide bonds. The monoisotopic (exact) mass is 226 g/mol. The van der Waals surface area contributed by atoms with E-state index in [0.717, 1.165) is 12.5 Å². The molecule has 0 saturated heterocycles. The van der Waals surface area contributed by atoms with Crippen LogP contribution in [0.3, 0.4) is 0 Å². The van der Waals surface area contributed by atoms with Gasteiger partial charge in [0.05, 0.1) is 7.11 Å². The summed E-state index contributed by atoms with van der Waals surface area (Å²) in [6, 6.07) is 4.12. The minimum Gasteiger partial charge on any atom is -0.494 e. The van der Waals surface area contributed by atoms with E-state index in [0.29, 0.717) is 12.2 Å². The normalized spacial score (nSPS) is 10.2. The lowest BCUT2D eigenvalue weighted by molar-refractivity contribution is 0.0761. The van der Waals surface area contributed by atoms with Gasteiger partial charge in [0.15, 0.2) is 17.3 Å². The van der Waals surface area contributed by atoms with Crippen molar-refractivity contribution in [2.24, 2.45) is 0 Å². The van der Waals surface area contributed by atoms with E-state index in [1.807, 2.05) is 6.92 Å². The minimum atomic E-state index is -0.538. The first-order valence-corrected chi connectivity index (χ1v) is 5.13. The van der Waals surface area contributed by atoms with Crippen LogP contribution < -0.4 is 4.74 Å². The van der Waals surface area contributed by atoms with E-state index in [2.05, 4.69) is 0 Å². The number of benzene rings is 1. The summed E-state index contributed by atoms with van der Waals surface area (Å²) in [4.78, 5) is 11.5. The quantitative estimate of drug-likeness (QED) is 0.552. The molecule has 0 N–H and O–H groups in total. The average molecular weight is 226 g/mol. The fourth-order valence-corrected chi connectivity index (χ4v) is 1.23. The van der Waals surface area contributed by atoms with Gasteiger partial charge in [0.25, 0.3) is 0 Å². The molecule has 0 spiro atoms. The summed E-state index contributed by atoms with van der Waals surface area (Å²) in [7, 11) is 1.38. The smallest absolute Gasteiger partial charge is 0.188 e. The highest BCUT2D eigenvalue weighted by Gasteiger charge is 2.09. The molecule has 0 aliphatic carbocycles. The second kappa shape index (κ2) is 6.23. The molecule has 0 aliphatic rings. The van der Waals surface area contributed by atoms with Gasteiger partial charge < -0.3 is 9.47 Å². The van der Waals surface area contributed by atoms with Gasteiger partial charge in [0.2, 0.25) is 0 Å². The van der Waals surface area contributed by atoms with Gasteiger partial charge in [-0.15, -0.1) is 0 Å². The van der Waals surface area contributed by atoms with Crippen LogP contribution in [0.25, 0.3) is 0 Å². The van der Waals surface area contributed by atoms with E-state index in [9.17, 15) is 9.18 Å². The van der Waals surface area contributed by atoms with E-state index < -0.39 is 5.82 Å². The fourth-order valence-electron chi connectivity index (χ4n) is 1.23. The minimum absolute atomic E-state index is 0.0143. The third-order valence-corrected chi connectivity index (χ3v) is 2.06. The van der Waals surface area contributed by atoms with Crippen molar-refractivity contribution < 1.29 is 18.7 Å². The lowest BCUT2D eigenvalue weighted by Gasteiger charge is -2.05. The van der Waals surface area contributed by atoms with Crippen molar-refractivity contribution in [3.05, 3.63) is 29.6 Å². The topological polar surface area (TPSA) is 35.5 Å². The Bertz CT molecular complexity index is 363. The number of methoxy groups -OCH3 is 1. The van der Waals surface area contributed by atoms with E-state index in [1.54, 1.807) is 0 Å². The van der Waals surface area contributed by atoms with Crippen LogP contribution in [0.1, 0.15) is 23.7 Å². The van der Waals surface area contributed by atoms with Crippen molar-refractivity contribution in [3.63, 3.8) is 0 Å². The Balaban J connectivity index is 2.66. The van der Waals surface area contributed by atoms with E-state index in [-0.39, 0.29) is 18.1 Å². The summed E-state index contributed by atoms with van der Waals surface area (Å²) in [5.74, 6) is -0.634. The SMILES string of the molecule is CCCOCC(=O)c1ccc(OC)c(F)c1. The predicted molar refractivity (Wildman–Crippen MR) is 58.4 cm³/mol. The Morgan fingerprint density at radius 3 is 2.75 bits per heavy atom. The number of carbonyl (C=O) groups excluding carboxylic acids is 1. The molecule has 0 unspecified atom stereocenters. The maximum atomic E-state index is 13.3. The Morgan fingerprint density at radius 1 is 1.44 bits per heavy atom. The average Bonchev–Trinajstić information content (AvgIpc) is 2.29. The summed E-state index contributed by atoms with van der Waals surface area (Å²) in [5.41, 5.74) is 0.300. The van der Waals surface area contributed by atoms with Crippen molar-refractivity contribution in [1.29, 1.82) is 0 Å². The first-order valence-electron chi connectivity index (χ1n) is 5.13. The van der Waals surface area contributed by atoms with Gasteiger partial charge in [-0.2, -0.15) is 0 Å². The van der Waals surface area contributed by atoms with Gasteiger partial charge >= 0.3 is 0 Å². The van der Waals surface area contributed by atoms with Gasteiger partial charge in [-0.05, 0) is 24.6 Å². The molecule has 0 radical (unpaired) electrons. The largest absolute Gasteiger partial charge is 0.494 e. The van der Waals surface area contributed by atoms with Crippen LogP contribution in [-0.4, -0.2) is 26.1 Å². The summed E-state index contributed by atoms with van der Waals surface area (Å²) >= 11 is 0. The highest BCUT2D eigenvalue weighted by atomic mass is 19.1. The molecular weight excluding hydrogens is 211 g/mol. The first kappa shape index (κ1) is 12.6. The summed E-state index contributed by atoms with van der Waals surface area (Å²) < 4.78 is 23.1. The molecule has 1 aromatic rings. The maximum absolute atomic E-state index is 13.3. The summed E-state index contributed by atoms with van der Waals surface area (Å²) in [5, 5.41) is 0. The molecular formula is C12H15FO3. The molecule has 0 atom stereocenters. The third kappa shape index (κ3) is 3.31. The number of ether oxygens (including phenoxy) is 2. The number of halogens is 1. The zero-order valence-electron chi connectivity index (χ0n) is 9.46. The third-order valence-electron chi connectivity index (χ3n) is 2.06. The van der Waals surface area contributed by atoms with Crippen LogP contribution in [-0.2, 0) is 4.74 Å². The second-order valence-electron chi connectivity index (χ2n) is 3.33. The standard InChI is InChI=1S/C12H15FO3/c1-3-6-16-8-11(14)9-4-5-12(15-2)10(13)7-9/h4-5,7H,3,6,8H2,1-2H3. The first-order chi connectivity index (χ1) is 7.69. The molecule has 1 rings (SSSR count). The summed E-state index contributed by atoms with van der Waals surface area (Å²) in [6.07, 6.45) is 0.851. The number of hydrogen-bond acceptors (Lipinski definition) is 3. The Hall–Kier alpha value is -1.42. The number of rotatable bonds is 6. The van der Waals surface area contributed by atoms with E-state index in [4.69, 9.17) is 9.47 Å². The number of ketones is 1. The van der Waals surface area contributed by atoms with Crippen molar-refractivity contribution >= 4 is 5.78 Å². The lowest BCUT2D eigenvalue weighted by atomic mass is 10.1. The molecule has 0 fully saturated rings. The maximum Gasteiger partial charge on any atom is 0.188 e. The molecule has 88 valence electrons. The van der Waals surface area contributed by atoms with Crippen molar-refractivity contribution in [2.75, 3.05) is 20.3 Å². The highest BCUT2D eigenvalue weighted by Crippen LogP contribution is 2.17. The van der Waals surface area contributed by atoms with Gasteiger partial charge in [-0.3, -0.25) is 4.79 Å². The zero-order valence-corrected chi connectivity index (χ0v) is 9.46. The fraction of sp³-hybridized carbons (Fsp3) is 0.417. The molecule has 0 aromatic heterocycles. The van der Waals surface area contributed by atoms with Crippen LogP contribution in [0.15, 0.2) is 18.2 Å². The molecule has 0 heterocycles. The number of carbonyl (C=O) groups is 1. The van der Waals surface area contributed by atoms with Crippen molar-refractivity contribution in [1.82, 2.24) is 0 Å². The van der Waals surface area contributed by atoms with Crippen molar-refractivity contribution in [2.45, 2.75) is 13.3 Å².